The number of aliphatic imine (C=N–C) groups is 1. The minimum absolute atomic E-state index is 0.0448. The van der Waals surface area contributed by atoms with E-state index in [4.69, 9.17) is 4.74 Å². The van der Waals surface area contributed by atoms with Crippen molar-refractivity contribution in [3.8, 4) is 0 Å². The summed E-state index contributed by atoms with van der Waals surface area (Å²) >= 11 is 3.24. The summed E-state index contributed by atoms with van der Waals surface area (Å²) in [6, 6.07) is 10.0. The van der Waals surface area contributed by atoms with Gasteiger partial charge in [0.1, 0.15) is 6.61 Å². The molecule has 1 unspecified atom stereocenters. The summed E-state index contributed by atoms with van der Waals surface area (Å²) in [7, 11) is 0. The van der Waals surface area contributed by atoms with Crippen LogP contribution in [0, 0.1) is 0 Å². The molecule has 0 saturated carbocycles. The summed E-state index contributed by atoms with van der Waals surface area (Å²) in [5.41, 5.74) is -2.46. The van der Waals surface area contributed by atoms with E-state index in [0.29, 0.717) is 17.5 Å². The quantitative estimate of drug-likeness (QED) is 0.158. The van der Waals surface area contributed by atoms with E-state index in [9.17, 15) is 31.1 Å². The van der Waals surface area contributed by atoms with Crippen LogP contribution in [0.25, 0.3) is 0 Å². The Labute approximate surface area is 176 Å². The molecule has 0 radical (unpaired) electrons. The monoisotopic (exact) mass is 495 g/mol. The number of rotatable bonds is 7. The third kappa shape index (κ3) is 6.86. The first-order valence-corrected chi connectivity index (χ1v) is 9.71. The topological polar surface area (TPSA) is 38.7 Å². The van der Waals surface area contributed by atoms with E-state index in [1.807, 2.05) is 0 Å². The van der Waals surface area contributed by atoms with E-state index in [1.54, 1.807) is 30.3 Å². The Bertz CT molecular complexity index is 849. The van der Waals surface area contributed by atoms with Crippen molar-refractivity contribution in [2.75, 3.05) is 18.5 Å². The van der Waals surface area contributed by atoms with Gasteiger partial charge in [0, 0.05) is 11.5 Å². The largest absolute Gasteiger partial charge is 0.463 e. The van der Waals surface area contributed by atoms with Crippen molar-refractivity contribution in [2.24, 2.45) is 4.99 Å². The number of carbonyl (C=O) groups excluding carboxylic acids is 1. The molecule has 3 nitrogen and oxygen atoms in total. The summed E-state index contributed by atoms with van der Waals surface area (Å²) < 4.78 is 82.2. The summed E-state index contributed by atoms with van der Waals surface area (Å²) in [4.78, 5) is 15.9. The van der Waals surface area contributed by atoms with Gasteiger partial charge in [-0.15, -0.1) is 0 Å². The van der Waals surface area contributed by atoms with Gasteiger partial charge in [-0.3, -0.25) is 9.79 Å². The standard InChI is InChI=1S/C20H16BrF6NO2/c21-11-17(14-4-2-1-3-5-14)18(29)30-7-6-28-12-13-8-15(19(22,23)24)10-16(9-13)20(25,26)27/h1-5,8-10,12,17H,6-7,11H2. The maximum Gasteiger partial charge on any atom is 0.416 e. The van der Waals surface area contributed by atoms with E-state index in [-0.39, 0.29) is 24.8 Å². The van der Waals surface area contributed by atoms with Gasteiger partial charge >= 0.3 is 18.3 Å². The Kier molecular flexibility index (Phi) is 8.05. The SMILES string of the molecule is O=C(OCCN=Cc1cc(C(F)(F)F)cc(C(F)(F)F)c1)C(CBr)c1ccccc1. The fourth-order valence-corrected chi connectivity index (χ4v) is 3.13. The van der Waals surface area contributed by atoms with Crippen molar-refractivity contribution in [2.45, 2.75) is 18.3 Å². The molecule has 0 aromatic heterocycles. The Balaban J connectivity index is 2.01. The van der Waals surface area contributed by atoms with E-state index in [0.717, 1.165) is 11.8 Å². The number of benzene rings is 2. The van der Waals surface area contributed by atoms with Gasteiger partial charge in [-0.1, -0.05) is 46.3 Å². The first-order valence-electron chi connectivity index (χ1n) is 8.59. The molecule has 2 aromatic carbocycles. The molecule has 10 heteroatoms. The highest BCUT2D eigenvalue weighted by atomic mass is 79.9. The van der Waals surface area contributed by atoms with Gasteiger partial charge in [0.15, 0.2) is 0 Å². The average Bonchev–Trinajstić information content (AvgIpc) is 2.67. The van der Waals surface area contributed by atoms with Crippen molar-refractivity contribution < 1.29 is 35.9 Å². The lowest BCUT2D eigenvalue weighted by Gasteiger charge is -2.13. The van der Waals surface area contributed by atoms with Crippen molar-refractivity contribution in [1.82, 2.24) is 0 Å². The summed E-state index contributed by atoms with van der Waals surface area (Å²) in [6.07, 6.45) is -8.97. The highest BCUT2D eigenvalue weighted by molar-refractivity contribution is 9.09. The number of ether oxygens (including phenoxy) is 1. The zero-order valence-corrected chi connectivity index (χ0v) is 16.9. The number of esters is 1. The van der Waals surface area contributed by atoms with E-state index in [1.165, 1.54) is 0 Å². The molecule has 30 heavy (non-hydrogen) atoms. The molecule has 0 N–H and O–H groups in total. The molecule has 0 fully saturated rings. The van der Waals surface area contributed by atoms with Crippen LogP contribution in [0.5, 0.6) is 0 Å². The van der Waals surface area contributed by atoms with Crippen LogP contribution in [0.15, 0.2) is 53.5 Å². The second-order valence-electron chi connectivity index (χ2n) is 6.16. The zero-order chi connectivity index (χ0) is 22.4. The van der Waals surface area contributed by atoms with E-state index in [2.05, 4.69) is 20.9 Å². The zero-order valence-electron chi connectivity index (χ0n) is 15.3. The molecule has 2 aromatic rings. The summed E-state index contributed by atoms with van der Waals surface area (Å²) in [6.45, 7) is -0.288. The molecular weight excluding hydrogens is 480 g/mol. The predicted octanol–water partition coefficient (Wildman–Crippen LogP) is 5.87. The summed E-state index contributed by atoms with van der Waals surface area (Å²) in [5, 5.41) is 0.323. The first kappa shape index (κ1) is 23.9. The van der Waals surface area contributed by atoms with Gasteiger partial charge in [-0.05, 0) is 29.3 Å². The van der Waals surface area contributed by atoms with E-state index >= 15 is 0 Å². The molecule has 0 amide bonds. The molecule has 2 rings (SSSR count). The highest BCUT2D eigenvalue weighted by Crippen LogP contribution is 2.36. The normalized spacial score (nSPS) is 13.4. The maximum atomic E-state index is 12.8. The molecule has 162 valence electrons. The van der Waals surface area contributed by atoms with Crippen LogP contribution in [0.3, 0.4) is 0 Å². The number of nitrogens with zero attached hydrogens (tertiary/aromatic N) is 1. The van der Waals surface area contributed by atoms with Crippen LogP contribution < -0.4 is 0 Å². The number of carbonyl (C=O) groups is 1. The van der Waals surface area contributed by atoms with Crippen LogP contribution in [-0.2, 0) is 21.9 Å². The van der Waals surface area contributed by atoms with Crippen molar-refractivity contribution in [3.05, 3.63) is 70.8 Å². The van der Waals surface area contributed by atoms with Crippen LogP contribution in [0.2, 0.25) is 0 Å². The average molecular weight is 496 g/mol. The molecular formula is C20H16BrF6NO2. The van der Waals surface area contributed by atoms with Crippen LogP contribution in [-0.4, -0.2) is 30.7 Å². The van der Waals surface area contributed by atoms with Gasteiger partial charge < -0.3 is 4.74 Å². The lowest BCUT2D eigenvalue weighted by Crippen LogP contribution is -2.18. The summed E-state index contributed by atoms with van der Waals surface area (Å²) in [5.74, 6) is -1.07. The van der Waals surface area contributed by atoms with Crippen molar-refractivity contribution >= 4 is 28.1 Å². The lowest BCUT2D eigenvalue weighted by atomic mass is 10.0. The second-order valence-corrected chi connectivity index (χ2v) is 6.81. The van der Waals surface area contributed by atoms with Gasteiger partial charge in [0.2, 0.25) is 0 Å². The molecule has 0 saturated heterocycles. The fourth-order valence-electron chi connectivity index (χ4n) is 2.50. The number of alkyl halides is 7. The molecule has 0 aliphatic rings. The third-order valence-corrected chi connectivity index (χ3v) is 4.60. The van der Waals surface area contributed by atoms with E-state index < -0.39 is 35.4 Å². The third-order valence-electron chi connectivity index (χ3n) is 3.96. The van der Waals surface area contributed by atoms with Crippen molar-refractivity contribution in [3.63, 3.8) is 0 Å². The fraction of sp³-hybridized carbons (Fsp3) is 0.300. The smallest absolute Gasteiger partial charge is 0.416 e. The van der Waals surface area contributed by atoms with Gasteiger partial charge in [-0.25, -0.2) is 0 Å². The molecule has 0 aliphatic heterocycles. The van der Waals surface area contributed by atoms with Crippen molar-refractivity contribution in [1.29, 1.82) is 0 Å². The minimum Gasteiger partial charge on any atom is -0.463 e. The predicted molar refractivity (Wildman–Crippen MR) is 103 cm³/mol. The Morgan fingerprint density at radius 1 is 1.00 bits per heavy atom. The first-order chi connectivity index (χ1) is 14.0. The van der Waals surface area contributed by atoms with Gasteiger partial charge in [0.05, 0.1) is 23.6 Å². The second kappa shape index (κ2) is 10.1. The Morgan fingerprint density at radius 2 is 1.57 bits per heavy atom. The van der Waals surface area contributed by atoms with Crippen LogP contribution in [0.4, 0.5) is 26.3 Å². The lowest BCUT2D eigenvalue weighted by molar-refractivity contribution is -0.145. The Hall–Kier alpha value is -2.36. The highest BCUT2D eigenvalue weighted by Gasteiger charge is 2.36. The molecule has 0 bridgehead atoms. The number of halogens is 7. The van der Waals surface area contributed by atoms with Crippen LogP contribution >= 0.6 is 15.9 Å². The van der Waals surface area contributed by atoms with Gasteiger partial charge in [0.25, 0.3) is 0 Å². The van der Waals surface area contributed by atoms with Gasteiger partial charge in [-0.2, -0.15) is 26.3 Å². The molecule has 0 spiro atoms. The molecule has 1 atom stereocenters. The number of hydrogen-bond acceptors (Lipinski definition) is 3. The molecule has 0 heterocycles. The minimum atomic E-state index is -4.93. The van der Waals surface area contributed by atoms with Crippen LogP contribution in [0.1, 0.15) is 28.2 Å². The molecule has 0 aliphatic carbocycles. The Morgan fingerprint density at radius 3 is 2.07 bits per heavy atom. The number of hydrogen-bond donors (Lipinski definition) is 0. The maximum absolute atomic E-state index is 12.8.